The van der Waals surface area contributed by atoms with Crippen LogP contribution in [0.15, 0.2) is 25.6 Å². The van der Waals surface area contributed by atoms with Crippen LogP contribution < -0.4 is 0 Å². The molecule has 6 nitrogen and oxygen atoms in total. The van der Waals surface area contributed by atoms with Crippen molar-refractivity contribution in [3.05, 3.63) is 40.8 Å². The van der Waals surface area contributed by atoms with Gasteiger partial charge in [-0.1, -0.05) is 24.2 Å². The second-order valence-electron chi connectivity index (χ2n) is 6.98. The lowest BCUT2D eigenvalue weighted by Crippen LogP contribution is -1.93. The molecule has 0 amide bonds. The van der Waals surface area contributed by atoms with Gasteiger partial charge < -0.3 is 13.5 Å². The van der Waals surface area contributed by atoms with Crippen LogP contribution in [0.1, 0.15) is 48.4 Å². The van der Waals surface area contributed by atoms with Crippen molar-refractivity contribution in [2.24, 2.45) is 0 Å². The van der Waals surface area contributed by atoms with Crippen LogP contribution in [0.2, 0.25) is 0 Å². The molecule has 26 heavy (non-hydrogen) atoms. The van der Waals surface area contributed by atoms with Gasteiger partial charge in [0, 0.05) is 11.3 Å². The largest absolute Gasteiger partial charge is 0.458 e. The summed E-state index contributed by atoms with van der Waals surface area (Å²) in [5, 5.41) is 9.14. The first kappa shape index (κ1) is 16.6. The maximum atomic E-state index is 6.16. The van der Waals surface area contributed by atoms with Gasteiger partial charge in [0.25, 0.3) is 0 Å². The fourth-order valence-electron chi connectivity index (χ4n) is 3.32. The highest BCUT2D eigenvalue weighted by atomic mass is 16.5. The summed E-state index contributed by atoms with van der Waals surface area (Å²) in [6, 6.07) is 4.10. The predicted octanol–water partition coefficient (Wildman–Crippen LogP) is 5.49. The van der Waals surface area contributed by atoms with E-state index in [0.29, 0.717) is 0 Å². The van der Waals surface area contributed by atoms with Crippen LogP contribution in [0.5, 0.6) is 0 Å². The fourth-order valence-corrected chi connectivity index (χ4v) is 3.32. The lowest BCUT2D eigenvalue weighted by atomic mass is 10.0. The van der Waals surface area contributed by atoms with Gasteiger partial charge in [0.05, 0.1) is 28.2 Å². The van der Waals surface area contributed by atoms with E-state index in [0.717, 1.165) is 62.2 Å². The highest BCUT2D eigenvalue weighted by Gasteiger charge is 2.23. The first-order valence-electron chi connectivity index (χ1n) is 8.67. The van der Waals surface area contributed by atoms with Gasteiger partial charge in [-0.15, -0.1) is 0 Å². The van der Waals surface area contributed by atoms with Gasteiger partial charge in [0.15, 0.2) is 5.58 Å². The zero-order valence-electron chi connectivity index (χ0n) is 15.8. The van der Waals surface area contributed by atoms with E-state index >= 15 is 0 Å². The van der Waals surface area contributed by atoms with Gasteiger partial charge in [0.2, 0.25) is 0 Å². The van der Waals surface area contributed by atoms with E-state index in [1.165, 1.54) is 0 Å². The molecular weight excluding hydrogens is 330 g/mol. The van der Waals surface area contributed by atoms with Gasteiger partial charge in [-0.3, -0.25) is 0 Å². The molecule has 4 aromatic rings. The lowest BCUT2D eigenvalue weighted by molar-refractivity contribution is 0.393. The van der Waals surface area contributed by atoms with Gasteiger partial charge in [0.1, 0.15) is 23.0 Å². The number of fused-ring (bicyclic) bond motifs is 1. The van der Waals surface area contributed by atoms with Crippen LogP contribution in [0, 0.1) is 27.7 Å². The van der Waals surface area contributed by atoms with Crippen molar-refractivity contribution in [3.63, 3.8) is 0 Å². The van der Waals surface area contributed by atoms with Crippen LogP contribution in [0.3, 0.4) is 0 Å². The molecule has 4 aromatic heterocycles. The molecule has 0 unspecified atom stereocenters. The van der Waals surface area contributed by atoms with Crippen LogP contribution >= 0.6 is 0 Å². The van der Waals surface area contributed by atoms with E-state index in [-0.39, 0.29) is 5.92 Å². The summed E-state index contributed by atoms with van der Waals surface area (Å²) in [5.41, 5.74) is 5.67. The first-order chi connectivity index (χ1) is 12.4. The summed E-state index contributed by atoms with van der Waals surface area (Å²) in [5.74, 6) is 2.66. The Morgan fingerprint density at radius 3 is 2.00 bits per heavy atom. The average Bonchev–Trinajstić information content (AvgIpc) is 3.25. The second-order valence-corrected chi connectivity index (χ2v) is 6.98. The molecule has 4 heterocycles. The summed E-state index contributed by atoms with van der Waals surface area (Å²) in [6.07, 6.45) is 0. The Labute approximate surface area is 151 Å². The Hall–Kier alpha value is -2.89. The van der Waals surface area contributed by atoms with E-state index in [4.69, 9.17) is 18.4 Å². The molecule has 4 rings (SSSR count). The molecule has 0 fully saturated rings. The number of pyridine rings is 1. The molecule has 0 aromatic carbocycles. The summed E-state index contributed by atoms with van der Waals surface area (Å²) in [4.78, 5) is 4.91. The van der Waals surface area contributed by atoms with E-state index in [9.17, 15) is 0 Å². The molecular formula is C20H21N3O3. The van der Waals surface area contributed by atoms with E-state index in [1.54, 1.807) is 0 Å². The van der Waals surface area contributed by atoms with Crippen LogP contribution in [0.25, 0.3) is 33.5 Å². The van der Waals surface area contributed by atoms with E-state index in [1.807, 2.05) is 33.8 Å². The summed E-state index contributed by atoms with van der Waals surface area (Å²) in [6.45, 7) is 11.8. The van der Waals surface area contributed by atoms with Crippen molar-refractivity contribution >= 4 is 11.0 Å². The second kappa shape index (κ2) is 5.83. The minimum absolute atomic E-state index is 0.280. The maximum absolute atomic E-state index is 6.16. The molecule has 0 aliphatic rings. The fraction of sp³-hybridized carbons (Fsp3) is 0.350. The third kappa shape index (κ3) is 2.44. The average molecular weight is 351 g/mol. The molecule has 0 saturated heterocycles. The summed E-state index contributed by atoms with van der Waals surface area (Å²) in [7, 11) is 0. The molecule has 134 valence electrons. The standard InChI is InChI=1S/C20H21N3O3/c1-9(2)16-8-14-7-15(17-10(3)22-25-12(17)5)21-19(20(14)24-16)18-11(4)23-26-13(18)6/h7-9H,1-6H3. The molecule has 0 bridgehead atoms. The highest BCUT2D eigenvalue weighted by Crippen LogP contribution is 2.38. The minimum Gasteiger partial charge on any atom is -0.458 e. The molecule has 0 N–H and O–H groups in total. The normalized spacial score (nSPS) is 11.8. The molecule has 6 heteroatoms. The number of rotatable bonds is 3. The van der Waals surface area contributed by atoms with Crippen molar-refractivity contribution in [1.29, 1.82) is 0 Å². The summed E-state index contributed by atoms with van der Waals surface area (Å²) >= 11 is 0. The van der Waals surface area contributed by atoms with Gasteiger partial charge in [-0.05, 0) is 39.8 Å². The Kier molecular flexibility index (Phi) is 3.72. The Bertz CT molecular complexity index is 1080. The van der Waals surface area contributed by atoms with Crippen molar-refractivity contribution in [3.8, 4) is 22.5 Å². The Morgan fingerprint density at radius 1 is 0.846 bits per heavy atom. The molecule has 0 spiro atoms. The molecule has 0 aliphatic carbocycles. The zero-order chi connectivity index (χ0) is 18.6. The maximum Gasteiger partial charge on any atom is 0.160 e. The number of aromatic nitrogens is 3. The van der Waals surface area contributed by atoms with Gasteiger partial charge in [-0.2, -0.15) is 0 Å². The molecule has 0 radical (unpaired) electrons. The SMILES string of the molecule is Cc1noc(C)c1-c1cc2cc(C(C)C)oc2c(-c2c(C)noc2C)n1. The van der Waals surface area contributed by atoms with Crippen LogP contribution in [-0.2, 0) is 0 Å². The van der Waals surface area contributed by atoms with E-state index in [2.05, 4.69) is 30.2 Å². The van der Waals surface area contributed by atoms with Crippen LogP contribution in [-0.4, -0.2) is 15.3 Å². The monoisotopic (exact) mass is 351 g/mol. The van der Waals surface area contributed by atoms with Crippen LogP contribution in [0.4, 0.5) is 0 Å². The number of nitrogens with zero attached hydrogens (tertiary/aromatic N) is 3. The highest BCUT2D eigenvalue weighted by molar-refractivity contribution is 5.94. The van der Waals surface area contributed by atoms with Gasteiger partial charge in [-0.25, -0.2) is 4.98 Å². The molecule has 0 aliphatic heterocycles. The third-order valence-corrected chi connectivity index (χ3v) is 4.65. The summed E-state index contributed by atoms with van der Waals surface area (Å²) < 4.78 is 16.9. The number of hydrogen-bond donors (Lipinski definition) is 0. The lowest BCUT2D eigenvalue weighted by Gasteiger charge is -2.06. The van der Waals surface area contributed by atoms with Crippen molar-refractivity contribution in [2.75, 3.05) is 0 Å². The van der Waals surface area contributed by atoms with E-state index < -0.39 is 0 Å². The molecule has 0 atom stereocenters. The topological polar surface area (TPSA) is 78.1 Å². The number of hydrogen-bond acceptors (Lipinski definition) is 6. The quantitative estimate of drug-likeness (QED) is 0.485. The Balaban J connectivity index is 2.08. The minimum atomic E-state index is 0.280. The predicted molar refractivity (Wildman–Crippen MR) is 98.0 cm³/mol. The smallest absolute Gasteiger partial charge is 0.160 e. The molecule has 0 saturated carbocycles. The van der Waals surface area contributed by atoms with Crippen molar-refractivity contribution in [2.45, 2.75) is 47.5 Å². The number of aryl methyl sites for hydroxylation is 4. The van der Waals surface area contributed by atoms with Crippen molar-refractivity contribution < 1.29 is 13.5 Å². The number of furan rings is 1. The van der Waals surface area contributed by atoms with Crippen molar-refractivity contribution in [1.82, 2.24) is 15.3 Å². The first-order valence-corrected chi connectivity index (χ1v) is 8.67. The zero-order valence-corrected chi connectivity index (χ0v) is 15.8. The Morgan fingerprint density at radius 2 is 1.46 bits per heavy atom. The third-order valence-electron chi connectivity index (χ3n) is 4.65. The van der Waals surface area contributed by atoms with Gasteiger partial charge >= 0.3 is 0 Å².